The maximum absolute atomic E-state index is 13.3. The van der Waals surface area contributed by atoms with Crippen LogP contribution in [0.3, 0.4) is 0 Å². The van der Waals surface area contributed by atoms with E-state index in [-0.39, 0.29) is 9.92 Å². The summed E-state index contributed by atoms with van der Waals surface area (Å²) >= 11 is 5.80. The topological polar surface area (TPSA) is 71.5 Å². The zero-order valence-electron chi connectivity index (χ0n) is 14.7. The van der Waals surface area contributed by atoms with E-state index in [9.17, 15) is 12.8 Å². The van der Waals surface area contributed by atoms with Crippen LogP contribution in [0.2, 0.25) is 5.02 Å². The average molecular weight is 422 g/mol. The van der Waals surface area contributed by atoms with Gasteiger partial charge in [0.05, 0.1) is 28.6 Å². The molecule has 0 unspecified atom stereocenters. The van der Waals surface area contributed by atoms with E-state index in [0.29, 0.717) is 48.7 Å². The molecule has 0 aliphatic carbocycles. The second kappa shape index (κ2) is 7.63. The zero-order chi connectivity index (χ0) is 19.7. The van der Waals surface area contributed by atoms with Gasteiger partial charge in [-0.1, -0.05) is 11.6 Å². The normalized spacial score (nSPS) is 15.6. The Morgan fingerprint density at radius 2 is 1.86 bits per heavy atom. The van der Waals surface area contributed by atoms with Crippen molar-refractivity contribution >= 4 is 44.0 Å². The van der Waals surface area contributed by atoms with Gasteiger partial charge in [0.25, 0.3) is 0 Å². The van der Waals surface area contributed by atoms with Gasteiger partial charge in [0.15, 0.2) is 0 Å². The van der Waals surface area contributed by atoms with Crippen molar-refractivity contribution in [2.45, 2.75) is 4.90 Å². The predicted molar refractivity (Wildman–Crippen MR) is 106 cm³/mol. The molecule has 1 aliphatic rings. The minimum absolute atomic E-state index is 0.0174. The Kier molecular flexibility index (Phi) is 5.20. The van der Waals surface area contributed by atoms with Gasteiger partial charge < -0.3 is 10.1 Å². The summed E-state index contributed by atoms with van der Waals surface area (Å²) in [5.41, 5.74) is 1.24. The van der Waals surface area contributed by atoms with Crippen molar-refractivity contribution < 1.29 is 17.5 Å². The Morgan fingerprint density at radius 3 is 2.61 bits per heavy atom. The summed E-state index contributed by atoms with van der Waals surface area (Å²) in [6.45, 7) is 1.50. The lowest BCUT2D eigenvalue weighted by Crippen LogP contribution is -2.40. The molecule has 2 aromatic carbocycles. The third-order valence-electron chi connectivity index (χ3n) is 4.46. The first kappa shape index (κ1) is 19.1. The van der Waals surface area contributed by atoms with E-state index in [1.165, 1.54) is 16.4 Å². The number of nitrogens with zero attached hydrogens (tertiary/aromatic N) is 2. The first-order valence-corrected chi connectivity index (χ1v) is 10.5. The number of fused-ring (bicyclic) bond motifs is 1. The summed E-state index contributed by atoms with van der Waals surface area (Å²) in [6.07, 6.45) is 0. The fourth-order valence-electron chi connectivity index (χ4n) is 2.99. The fourth-order valence-corrected chi connectivity index (χ4v) is 4.62. The highest BCUT2D eigenvalue weighted by Crippen LogP contribution is 2.25. The number of morpholine rings is 1. The Labute approximate surface area is 166 Å². The number of benzene rings is 2. The molecule has 6 nitrogen and oxygen atoms in total. The van der Waals surface area contributed by atoms with E-state index < -0.39 is 15.8 Å². The lowest BCUT2D eigenvalue weighted by molar-refractivity contribution is 0.0730. The quantitative estimate of drug-likeness (QED) is 0.694. The van der Waals surface area contributed by atoms with Crippen LogP contribution in [0, 0.1) is 5.82 Å². The molecule has 1 N–H and O–H groups in total. The minimum atomic E-state index is -3.56. The summed E-state index contributed by atoms with van der Waals surface area (Å²) in [6, 6.07) is 12.7. The maximum atomic E-state index is 13.3. The molecule has 4 rings (SSSR count). The molecule has 0 radical (unpaired) electrons. The molecule has 1 fully saturated rings. The smallest absolute Gasteiger partial charge is 0.243 e. The second-order valence-corrected chi connectivity index (χ2v) is 8.67. The molecule has 3 aromatic rings. The summed E-state index contributed by atoms with van der Waals surface area (Å²) < 4.78 is 45.5. The maximum Gasteiger partial charge on any atom is 0.243 e. The molecule has 2 heterocycles. The largest absolute Gasteiger partial charge is 0.379 e. The van der Waals surface area contributed by atoms with Crippen LogP contribution in [0.1, 0.15) is 0 Å². The van der Waals surface area contributed by atoms with Gasteiger partial charge in [-0.05, 0) is 48.5 Å². The Balaban J connectivity index is 1.61. The molecule has 0 saturated carbocycles. The number of hydrogen-bond donors (Lipinski definition) is 1. The van der Waals surface area contributed by atoms with Gasteiger partial charge in [-0.15, -0.1) is 0 Å². The Hall–Kier alpha value is -2.26. The van der Waals surface area contributed by atoms with Crippen LogP contribution >= 0.6 is 11.6 Å². The van der Waals surface area contributed by atoms with Crippen molar-refractivity contribution in [3.8, 4) is 0 Å². The van der Waals surface area contributed by atoms with Crippen molar-refractivity contribution in [3.05, 3.63) is 59.4 Å². The molecule has 0 amide bonds. The number of nitrogens with one attached hydrogen (secondary N) is 1. The lowest BCUT2D eigenvalue weighted by atomic mass is 10.2. The van der Waals surface area contributed by atoms with E-state index in [1.54, 1.807) is 36.4 Å². The highest BCUT2D eigenvalue weighted by Gasteiger charge is 2.26. The molecule has 1 aliphatic heterocycles. The van der Waals surface area contributed by atoms with Gasteiger partial charge in [-0.3, -0.25) is 0 Å². The van der Waals surface area contributed by atoms with Crippen molar-refractivity contribution in [1.29, 1.82) is 0 Å². The lowest BCUT2D eigenvalue weighted by Gasteiger charge is -2.26. The zero-order valence-corrected chi connectivity index (χ0v) is 16.3. The van der Waals surface area contributed by atoms with Gasteiger partial charge in [-0.25, -0.2) is 17.8 Å². The summed E-state index contributed by atoms with van der Waals surface area (Å²) in [7, 11) is -3.56. The highest BCUT2D eigenvalue weighted by atomic mass is 35.5. The van der Waals surface area contributed by atoms with E-state index in [1.807, 2.05) is 0 Å². The van der Waals surface area contributed by atoms with E-state index in [4.69, 9.17) is 16.3 Å². The van der Waals surface area contributed by atoms with Crippen molar-refractivity contribution in [2.75, 3.05) is 31.6 Å². The molecule has 0 spiro atoms. The minimum Gasteiger partial charge on any atom is -0.379 e. The standard InChI is InChI=1S/C19H17ClFN3O3S/c20-16-12-14(2-4-17(16)21)22-19-6-1-13-11-15(3-5-18(13)23-19)28(25,26)24-7-9-27-10-8-24/h1-6,11-12H,7-10H2,(H,22,23). The number of aromatic nitrogens is 1. The number of anilines is 2. The first-order chi connectivity index (χ1) is 13.4. The van der Waals surface area contributed by atoms with Crippen molar-refractivity contribution in [1.82, 2.24) is 9.29 Å². The van der Waals surface area contributed by atoms with Crippen LogP contribution < -0.4 is 5.32 Å². The van der Waals surface area contributed by atoms with Crippen molar-refractivity contribution in [3.63, 3.8) is 0 Å². The molecule has 0 bridgehead atoms. The Morgan fingerprint density at radius 1 is 1.07 bits per heavy atom. The molecular weight excluding hydrogens is 405 g/mol. The number of halogens is 2. The predicted octanol–water partition coefficient (Wildman–Crippen LogP) is 3.79. The molecule has 28 heavy (non-hydrogen) atoms. The van der Waals surface area contributed by atoms with E-state index in [0.717, 1.165) is 0 Å². The summed E-state index contributed by atoms with van der Waals surface area (Å²) in [5, 5.41) is 3.78. The van der Waals surface area contributed by atoms with Crippen LogP contribution in [0.4, 0.5) is 15.9 Å². The highest BCUT2D eigenvalue weighted by molar-refractivity contribution is 7.89. The number of ether oxygens (including phenoxy) is 1. The molecule has 1 saturated heterocycles. The van der Waals surface area contributed by atoms with Crippen molar-refractivity contribution in [2.24, 2.45) is 0 Å². The average Bonchev–Trinajstić information content (AvgIpc) is 2.71. The third-order valence-corrected chi connectivity index (χ3v) is 6.64. The number of sulfonamides is 1. The van der Waals surface area contributed by atoms with Crippen LogP contribution in [-0.4, -0.2) is 44.0 Å². The summed E-state index contributed by atoms with van der Waals surface area (Å²) in [5.74, 6) is 0.0478. The first-order valence-electron chi connectivity index (χ1n) is 8.64. The number of pyridine rings is 1. The number of rotatable bonds is 4. The van der Waals surface area contributed by atoms with E-state index in [2.05, 4.69) is 10.3 Å². The second-order valence-electron chi connectivity index (χ2n) is 6.32. The third kappa shape index (κ3) is 3.81. The van der Waals surface area contributed by atoms with Crippen LogP contribution in [-0.2, 0) is 14.8 Å². The van der Waals surface area contributed by atoms with Gasteiger partial charge in [0.1, 0.15) is 11.6 Å². The fraction of sp³-hybridized carbons (Fsp3) is 0.211. The molecule has 9 heteroatoms. The molecule has 1 aromatic heterocycles. The van der Waals surface area contributed by atoms with Gasteiger partial charge in [0.2, 0.25) is 10.0 Å². The van der Waals surface area contributed by atoms with Crippen LogP contribution in [0.25, 0.3) is 10.9 Å². The van der Waals surface area contributed by atoms with Gasteiger partial charge >= 0.3 is 0 Å². The Bertz CT molecular complexity index is 1130. The SMILES string of the molecule is O=S(=O)(c1ccc2nc(Nc3ccc(F)c(Cl)c3)ccc2c1)N1CCOCC1. The molecular formula is C19H17ClFN3O3S. The van der Waals surface area contributed by atoms with E-state index >= 15 is 0 Å². The van der Waals surface area contributed by atoms with Gasteiger partial charge in [0, 0.05) is 24.2 Å². The summed E-state index contributed by atoms with van der Waals surface area (Å²) in [4.78, 5) is 4.71. The van der Waals surface area contributed by atoms with Crippen LogP contribution in [0.5, 0.6) is 0 Å². The van der Waals surface area contributed by atoms with Gasteiger partial charge in [-0.2, -0.15) is 4.31 Å². The molecule has 0 atom stereocenters. The monoisotopic (exact) mass is 421 g/mol. The number of hydrogen-bond acceptors (Lipinski definition) is 5. The van der Waals surface area contributed by atoms with Crippen LogP contribution in [0.15, 0.2) is 53.4 Å². The molecule has 146 valence electrons.